The molecular formula is C44H47F2N9O6. The lowest BCUT2D eigenvalue weighted by molar-refractivity contribution is -0.137. The van der Waals surface area contributed by atoms with Gasteiger partial charge >= 0.3 is 0 Å². The van der Waals surface area contributed by atoms with Crippen molar-refractivity contribution in [2.24, 2.45) is 0 Å². The number of pyridine rings is 1. The molecule has 3 aromatic heterocycles. The van der Waals surface area contributed by atoms with Gasteiger partial charge in [0, 0.05) is 106 Å². The van der Waals surface area contributed by atoms with Crippen LogP contribution < -0.4 is 24.6 Å². The Morgan fingerprint density at radius 2 is 1.77 bits per heavy atom. The fourth-order valence-electron chi connectivity index (χ4n) is 9.99. The van der Waals surface area contributed by atoms with Gasteiger partial charge in [0.2, 0.25) is 17.7 Å². The SMILES string of the molecule is COc1cn2ccnc2cc1-c1cc2c(cc1C(F)F)N(c1nn([C@H]3CCN(c4cc5c(c(OC)c4)C(=O)N(C4CCC(=O)NC4=O)C5)C3)c3c1CN(C(C)=O)CC3)CCC2.[HH]. The molecule has 61 heavy (non-hydrogen) atoms. The van der Waals surface area contributed by atoms with Gasteiger partial charge in [-0.15, -0.1) is 0 Å². The maximum Gasteiger partial charge on any atom is 0.264 e. The van der Waals surface area contributed by atoms with Crippen molar-refractivity contribution in [1.29, 1.82) is 0 Å². The summed E-state index contributed by atoms with van der Waals surface area (Å²) in [5.74, 6) is 0.420. The molecule has 2 fully saturated rings. The summed E-state index contributed by atoms with van der Waals surface area (Å²) in [6.45, 7) is 4.57. The Kier molecular flexibility index (Phi) is 9.43. The van der Waals surface area contributed by atoms with Crippen molar-refractivity contribution in [2.75, 3.05) is 50.2 Å². The van der Waals surface area contributed by atoms with E-state index in [9.17, 15) is 19.2 Å². The molecule has 0 bridgehead atoms. The van der Waals surface area contributed by atoms with Crippen molar-refractivity contribution < 1.29 is 38.9 Å². The number of amides is 4. The van der Waals surface area contributed by atoms with Crippen LogP contribution in [-0.4, -0.2) is 99.0 Å². The highest BCUT2D eigenvalue weighted by molar-refractivity contribution is 6.07. The molecule has 1 unspecified atom stereocenters. The quantitative estimate of drug-likeness (QED) is 0.196. The molecule has 4 amide bonds. The second-order valence-electron chi connectivity index (χ2n) is 16.4. The number of imide groups is 1. The number of fused-ring (bicyclic) bond motifs is 4. The molecule has 8 heterocycles. The summed E-state index contributed by atoms with van der Waals surface area (Å²) in [5.41, 5.74) is 7.07. The number of carbonyl (C=O) groups excluding carboxylic acids is 4. The van der Waals surface area contributed by atoms with Crippen LogP contribution in [0, 0.1) is 0 Å². The first-order valence-electron chi connectivity index (χ1n) is 20.7. The van der Waals surface area contributed by atoms with Crippen LogP contribution >= 0.6 is 0 Å². The van der Waals surface area contributed by atoms with Crippen molar-refractivity contribution in [3.8, 4) is 22.6 Å². The minimum absolute atomic E-state index is 0. The van der Waals surface area contributed by atoms with Crippen LogP contribution in [0.15, 0.2) is 48.9 Å². The van der Waals surface area contributed by atoms with Gasteiger partial charge in [0.1, 0.15) is 23.2 Å². The van der Waals surface area contributed by atoms with E-state index in [0.717, 1.165) is 40.9 Å². The third kappa shape index (κ3) is 6.43. The third-order valence-electron chi connectivity index (χ3n) is 13.0. The van der Waals surface area contributed by atoms with Gasteiger partial charge in [0.15, 0.2) is 5.82 Å². The maximum absolute atomic E-state index is 15.2. The zero-order valence-electron chi connectivity index (χ0n) is 34.1. The fourth-order valence-corrected chi connectivity index (χ4v) is 9.99. The molecule has 2 saturated heterocycles. The van der Waals surface area contributed by atoms with Gasteiger partial charge in [-0.3, -0.25) is 29.2 Å². The molecule has 0 saturated carbocycles. The Morgan fingerprint density at radius 3 is 2.54 bits per heavy atom. The number of hydrogen-bond donors (Lipinski definition) is 1. The van der Waals surface area contributed by atoms with Gasteiger partial charge in [-0.25, -0.2) is 13.8 Å². The average molecular weight is 836 g/mol. The molecule has 17 heteroatoms. The normalized spacial score (nSPS) is 20.1. The minimum Gasteiger partial charge on any atom is -0.496 e. The number of imidazole rings is 1. The first kappa shape index (κ1) is 38.7. The van der Waals surface area contributed by atoms with Gasteiger partial charge in [-0.05, 0) is 66.6 Å². The second kappa shape index (κ2) is 14.9. The van der Waals surface area contributed by atoms with Gasteiger partial charge < -0.3 is 33.5 Å². The number of halogens is 2. The summed E-state index contributed by atoms with van der Waals surface area (Å²) < 4.78 is 45.7. The van der Waals surface area contributed by atoms with E-state index in [2.05, 4.69) is 24.8 Å². The van der Waals surface area contributed by atoms with Crippen LogP contribution in [0.25, 0.3) is 16.8 Å². The molecule has 1 N–H and O–H groups in total. The number of piperidine rings is 1. The van der Waals surface area contributed by atoms with Gasteiger partial charge in [-0.2, -0.15) is 5.10 Å². The van der Waals surface area contributed by atoms with Crippen molar-refractivity contribution in [2.45, 2.75) is 77.0 Å². The topological polar surface area (TPSA) is 147 Å². The summed E-state index contributed by atoms with van der Waals surface area (Å²) in [6, 6.07) is 8.32. The first-order chi connectivity index (χ1) is 29.5. The molecule has 15 nitrogen and oxygen atoms in total. The molecule has 318 valence electrons. The molecule has 2 atom stereocenters. The van der Waals surface area contributed by atoms with Crippen molar-refractivity contribution >= 4 is 46.5 Å². The molecule has 0 spiro atoms. The smallest absolute Gasteiger partial charge is 0.264 e. The molecule has 10 rings (SSSR count). The minimum atomic E-state index is -2.77. The Labute approximate surface area is 351 Å². The number of methoxy groups -OCH3 is 2. The average Bonchev–Trinajstić information content (AvgIpc) is 4.07. The van der Waals surface area contributed by atoms with Crippen LogP contribution in [0.2, 0.25) is 0 Å². The van der Waals surface area contributed by atoms with E-state index < -0.39 is 18.4 Å². The molecule has 0 radical (unpaired) electrons. The molecule has 5 aromatic rings. The van der Waals surface area contributed by atoms with Crippen LogP contribution in [0.3, 0.4) is 0 Å². The summed E-state index contributed by atoms with van der Waals surface area (Å²) in [7, 11) is 3.05. The van der Waals surface area contributed by atoms with E-state index in [1.54, 1.807) is 42.0 Å². The van der Waals surface area contributed by atoms with E-state index in [1.807, 2.05) is 23.1 Å². The van der Waals surface area contributed by atoms with E-state index in [4.69, 9.17) is 14.6 Å². The number of alkyl halides is 2. The number of rotatable bonds is 8. The third-order valence-corrected chi connectivity index (χ3v) is 13.0. The Bertz CT molecular complexity index is 2670. The zero-order chi connectivity index (χ0) is 42.3. The fraction of sp³-hybridized carbons (Fsp3) is 0.409. The zero-order valence-corrected chi connectivity index (χ0v) is 34.1. The first-order valence-corrected chi connectivity index (χ1v) is 20.7. The predicted octanol–water partition coefficient (Wildman–Crippen LogP) is 5.60. The highest BCUT2D eigenvalue weighted by Gasteiger charge is 2.42. The van der Waals surface area contributed by atoms with Crippen LogP contribution in [0.1, 0.15) is 84.8 Å². The van der Waals surface area contributed by atoms with Gasteiger partial charge in [-0.1, -0.05) is 0 Å². The van der Waals surface area contributed by atoms with Crippen LogP contribution in [-0.2, 0) is 40.3 Å². The van der Waals surface area contributed by atoms with Crippen molar-refractivity contribution in [1.82, 2.24) is 34.3 Å². The van der Waals surface area contributed by atoms with Crippen LogP contribution in [0.5, 0.6) is 11.5 Å². The highest BCUT2D eigenvalue weighted by atomic mass is 19.3. The Balaban J connectivity index is 0.00000490. The summed E-state index contributed by atoms with van der Waals surface area (Å²) in [6.07, 6.45) is 5.68. The number of benzene rings is 2. The van der Waals surface area contributed by atoms with Crippen molar-refractivity contribution in [3.63, 3.8) is 0 Å². The molecule has 5 aliphatic heterocycles. The number of hydrogen-bond acceptors (Lipinski definition) is 10. The number of nitrogens with one attached hydrogen (secondary N) is 1. The number of nitrogens with zero attached hydrogens (tertiary/aromatic N) is 8. The van der Waals surface area contributed by atoms with E-state index in [-0.39, 0.29) is 50.1 Å². The van der Waals surface area contributed by atoms with Gasteiger partial charge in [0.25, 0.3) is 12.3 Å². The van der Waals surface area contributed by atoms with E-state index >= 15 is 8.78 Å². The van der Waals surface area contributed by atoms with Crippen LogP contribution in [0.4, 0.5) is 26.0 Å². The Hall–Kier alpha value is -6.52. The molecule has 2 aromatic carbocycles. The van der Waals surface area contributed by atoms with Crippen molar-refractivity contribution in [3.05, 3.63) is 82.4 Å². The number of anilines is 3. The summed E-state index contributed by atoms with van der Waals surface area (Å²) in [4.78, 5) is 63.0. The predicted molar refractivity (Wildman–Crippen MR) is 222 cm³/mol. The van der Waals surface area contributed by atoms with E-state index in [1.165, 1.54) is 19.1 Å². The summed E-state index contributed by atoms with van der Waals surface area (Å²) >= 11 is 0. The number of ether oxygens (including phenoxy) is 2. The lowest BCUT2D eigenvalue weighted by Gasteiger charge is -2.33. The highest BCUT2D eigenvalue weighted by Crippen LogP contribution is 2.46. The van der Waals surface area contributed by atoms with E-state index in [0.29, 0.717) is 90.9 Å². The standard InChI is InChI=1S/C44H45F2N9O6.H2/c1-24(56)50-13-9-33-32(22-50)42(53-11-4-5-25-16-29(31(41(45)46)18-35(25)53)30-19-38-47-10-14-52(38)23-37(30)61-3)49-55(33)27-8-12-51(21-27)28-15-26-20-54(34-6-7-39(57)48-43(34)58)44(59)40(26)36(17-28)60-2;/h10,14-19,23,27,34,41H,4-9,11-13,20-22H2,1-3H3,(H,48,57,58);1H/t27-,34?;/m0./s1. The molecular weight excluding hydrogens is 789 g/mol. The number of aryl methyl sites for hydroxylation is 1. The van der Waals surface area contributed by atoms with Gasteiger partial charge in [0.05, 0.1) is 38.6 Å². The number of aromatic nitrogens is 4. The maximum atomic E-state index is 15.2. The lowest BCUT2D eigenvalue weighted by atomic mass is 9.91. The Morgan fingerprint density at radius 1 is 0.934 bits per heavy atom. The molecule has 5 aliphatic rings. The largest absolute Gasteiger partial charge is 0.496 e. The lowest BCUT2D eigenvalue weighted by Crippen LogP contribution is -2.52. The summed E-state index contributed by atoms with van der Waals surface area (Å²) in [5, 5.41) is 7.69. The monoisotopic (exact) mass is 835 g/mol. The molecule has 0 aliphatic carbocycles. The number of carbonyl (C=O) groups is 4. The second-order valence-corrected chi connectivity index (χ2v) is 16.4.